The van der Waals surface area contributed by atoms with Crippen molar-refractivity contribution in [2.24, 2.45) is 0 Å². The Balaban J connectivity index is -0.000000320. The first-order chi connectivity index (χ1) is 4.16. The molecule has 0 aromatic carbocycles. The molecule has 0 aliphatic rings. The number of ether oxygens (including phenoxy) is 1. The minimum Gasteiger partial charge on any atom is -0.873 e. The van der Waals surface area contributed by atoms with E-state index in [-0.39, 0.29) is 55.0 Å². The number of allylic oxidation sites excluding steroid dienone is 1. The molecule has 0 fully saturated rings. The van der Waals surface area contributed by atoms with Gasteiger partial charge in [-0.3, -0.25) is 0 Å². The van der Waals surface area contributed by atoms with Crippen LogP contribution in [0.15, 0.2) is 24.4 Å². The first-order valence-corrected chi connectivity index (χ1v) is 2.54. The summed E-state index contributed by atoms with van der Waals surface area (Å²) in [6.45, 7) is 4.91. The molecule has 3 nitrogen and oxygen atoms in total. The standard InChI is InChI=1S/C6H10O3.Li.Na/c1-3-9-6(8)4-5(2)7;;/h4,7-8H,2-3H2,1H3;;/q;2*+1/p-2. The van der Waals surface area contributed by atoms with Crippen LogP contribution in [0.2, 0.25) is 0 Å². The van der Waals surface area contributed by atoms with Gasteiger partial charge in [0, 0.05) is 0 Å². The van der Waals surface area contributed by atoms with Crippen LogP contribution in [0.4, 0.5) is 0 Å². The Morgan fingerprint density at radius 3 is 2.27 bits per heavy atom. The van der Waals surface area contributed by atoms with Crippen LogP contribution in [0.3, 0.4) is 0 Å². The van der Waals surface area contributed by atoms with Crippen LogP contribution in [0.25, 0.3) is 0 Å². The summed E-state index contributed by atoms with van der Waals surface area (Å²) in [4.78, 5) is 0. The molecule has 0 aromatic rings. The van der Waals surface area contributed by atoms with E-state index in [0.29, 0.717) is 0 Å². The number of rotatable bonds is 3. The van der Waals surface area contributed by atoms with Gasteiger partial charge in [0.1, 0.15) is 0 Å². The van der Waals surface area contributed by atoms with Gasteiger partial charge in [-0.25, -0.2) is 0 Å². The summed E-state index contributed by atoms with van der Waals surface area (Å²) in [6, 6.07) is 0. The predicted molar refractivity (Wildman–Crippen MR) is 28.8 cm³/mol. The maximum absolute atomic E-state index is 10.3. The van der Waals surface area contributed by atoms with Crippen molar-refractivity contribution in [2.75, 3.05) is 6.61 Å². The van der Waals surface area contributed by atoms with Gasteiger partial charge in [0.15, 0.2) is 0 Å². The van der Waals surface area contributed by atoms with Gasteiger partial charge in [0.05, 0.1) is 5.95 Å². The molecule has 0 unspecified atom stereocenters. The maximum Gasteiger partial charge on any atom is 1.00 e. The second-order valence-electron chi connectivity index (χ2n) is 1.36. The molecular formula is C6H8LiNaO3. The van der Waals surface area contributed by atoms with Crippen LogP contribution < -0.4 is 58.6 Å². The molecule has 11 heavy (non-hydrogen) atoms. The minimum atomic E-state index is -0.627. The van der Waals surface area contributed by atoms with E-state index < -0.39 is 11.7 Å². The summed E-state index contributed by atoms with van der Waals surface area (Å²) >= 11 is 0. The van der Waals surface area contributed by atoms with Crippen molar-refractivity contribution < 1.29 is 63.4 Å². The molecule has 5 heteroatoms. The Bertz CT molecular complexity index is 136. The van der Waals surface area contributed by atoms with E-state index >= 15 is 0 Å². The average Bonchev–Trinajstić information content (AvgIpc) is 1.63. The quantitative estimate of drug-likeness (QED) is 0.233. The molecule has 0 saturated carbocycles. The van der Waals surface area contributed by atoms with Gasteiger partial charge in [-0.2, -0.15) is 0 Å². The maximum atomic E-state index is 10.3. The van der Waals surface area contributed by atoms with E-state index in [2.05, 4.69) is 11.3 Å². The van der Waals surface area contributed by atoms with Crippen molar-refractivity contribution in [3.63, 3.8) is 0 Å². The SMILES string of the molecule is C=C([O-])C=C([O-])OCC.[Li+].[Na+]. The fourth-order valence-electron chi connectivity index (χ4n) is 0.315. The molecule has 0 aliphatic heterocycles. The summed E-state index contributed by atoms with van der Waals surface area (Å²) in [7, 11) is 0. The van der Waals surface area contributed by atoms with Crippen LogP contribution in [0.5, 0.6) is 0 Å². The molecule has 0 rings (SSSR count). The zero-order chi connectivity index (χ0) is 7.28. The van der Waals surface area contributed by atoms with Crippen molar-refractivity contribution in [3.05, 3.63) is 24.4 Å². The Kier molecular flexibility index (Phi) is 16.7. The Morgan fingerprint density at radius 1 is 1.55 bits per heavy atom. The Morgan fingerprint density at radius 2 is 2.00 bits per heavy atom. The third-order valence-corrected chi connectivity index (χ3v) is 0.565. The van der Waals surface area contributed by atoms with Crippen LogP contribution in [-0.4, -0.2) is 6.61 Å². The zero-order valence-electron chi connectivity index (χ0n) is 7.22. The van der Waals surface area contributed by atoms with Crippen molar-refractivity contribution >= 4 is 0 Å². The molecule has 0 radical (unpaired) electrons. The monoisotopic (exact) mass is 158 g/mol. The molecule has 0 heterocycles. The van der Waals surface area contributed by atoms with Crippen molar-refractivity contribution in [1.82, 2.24) is 0 Å². The summed E-state index contributed by atoms with van der Waals surface area (Å²) < 4.78 is 4.40. The van der Waals surface area contributed by atoms with Gasteiger partial charge in [-0.05, 0) is 12.7 Å². The molecule has 0 aromatic heterocycles. The van der Waals surface area contributed by atoms with Crippen LogP contribution in [-0.2, 0) is 4.74 Å². The summed E-state index contributed by atoms with van der Waals surface area (Å²) in [6.07, 6.45) is 0.809. The van der Waals surface area contributed by atoms with Gasteiger partial charge >= 0.3 is 48.4 Å². The molecule has 0 spiro atoms. The second kappa shape index (κ2) is 10.5. The average molecular weight is 158 g/mol. The van der Waals surface area contributed by atoms with E-state index in [1.165, 1.54) is 0 Å². The summed E-state index contributed by atoms with van der Waals surface area (Å²) in [5.74, 6) is -1.16. The smallest absolute Gasteiger partial charge is 0.873 e. The molecule has 0 saturated heterocycles. The van der Waals surface area contributed by atoms with E-state index in [1.54, 1.807) is 6.92 Å². The summed E-state index contributed by atoms with van der Waals surface area (Å²) in [5, 5.41) is 20.4. The molecule has 0 N–H and O–H groups in total. The fourth-order valence-corrected chi connectivity index (χ4v) is 0.315. The minimum absolute atomic E-state index is 0. The topological polar surface area (TPSA) is 55.3 Å². The van der Waals surface area contributed by atoms with E-state index in [9.17, 15) is 10.2 Å². The third kappa shape index (κ3) is 13.5. The molecule has 0 atom stereocenters. The first kappa shape index (κ1) is 17.5. The van der Waals surface area contributed by atoms with E-state index in [4.69, 9.17) is 0 Å². The number of hydrogen-bond acceptors (Lipinski definition) is 3. The van der Waals surface area contributed by atoms with Crippen LogP contribution in [0.1, 0.15) is 6.92 Å². The zero-order valence-corrected chi connectivity index (χ0v) is 9.22. The molecule has 0 amide bonds. The predicted octanol–water partition coefficient (Wildman–Crippen LogP) is -6.89. The van der Waals surface area contributed by atoms with Gasteiger partial charge in [0.25, 0.3) is 0 Å². The molecule has 0 bridgehead atoms. The van der Waals surface area contributed by atoms with E-state index in [1.807, 2.05) is 0 Å². The number of hydrogen-bond donors (Lipinski definition) is 0. The van der Waals surface area contributed by atoms with E-state index in [0.717, 1.165) is 6.08 Å². The third-order valence-electron chi connectivity index (χ3n) is 0.565. The molecular weight excluding hydrogens is 150 g/mol. The van der Waals surface area contributed by atoms with Gasteiger partial charge in [-0.15, -0.1) is 12.3 Å². The van der Waals surface area contributed by atoms with Gasteiger partial charge in [0.2, 0.25) is 0 Å². The van der Waals surface area contributed by atoms with Crippen LogP contribution >= 0.6 is 0 Å². The molecule has 0 aliphatic carbocycles. The van der Waals surface area contributed by atoms with Crippen molar-refractivity contribution in [3.8, 4) is 0 Å². The Labute approximate surface area is 101 Å². The first-order valence-electron chi connectivity index (χ1n) is 2.54. The van der Waals surface area contributed by atoms with Crippen molar-refractivity contribution in [2.45, 2.75) is 6.92 Å². The summed E-state index contributed by atoms with van der Waals surface area (Å²) in [5.41, 5.74) is 0. The largest absolute Gasteiger partial charge is 1.00 e. The van der Waals surface area contributed by atoms with Gasteiger partial charge < -0.3 is 14.9 Å². The van der Waals surface area contributed by atoms with Gasteiger partial charge in [-0.1, -0.05) is 6.92 Å². The second-order valence-corrected chi connectivity index (χ2v) is 1.36. The fraction of sp³-hybridized carbons (Fsp3) is 0.333. The van der Waals surface area contributed by atoms with Crippen molar-refractivity contribution in [1.29, 1.82) is 0 Å². The Hall–Kier alpha value is 0.477. The normalized spacial score (nSPS) is 9.00. The molecule has 52 valence electrons. The van der Waals surface area contributed by atoms with Crippen LogP contribution in [0, 0.1) is 0 Å².